The van der Waals surface area contributed by atoms with Gasteiger partial charge in [0.1, 0.15) is 10.6 Å². The fourth-order valence-corrected chi connectivity index (χ4v) is 3.36. The highest BCUT2D eigenvalue weighted by molar-refractivity contribution is 7.93. The van der Waals surface area contributed by atoms with Crippen molar-refractivity contribution >= 4 is 38.1 Å². The van der Waals surface area contributed by atoms with E-state index < -0.39 is 20.0 Å². The van der Waals surface area contributed by atoms with Gasteiger partial charge in [0.2, 0.25) is 20.0 Å². The normalized spacial score (nSPS) is 11.6. The molecule has 0 amide bonds. The van der Waals surface area contributed by atoms with Gasteiger partial charge in [0.15, 0.2) is 0 Å². The first-order valence-corrected chi connectivity index (χ1v) is 9.27. The van der Waals surface area contributed by atoms with Crippen LogP contribution >= 0.6 is 12.4 Å². The first-order valence-electron chi connectivity index (χ1n) is 6.14. The van der Waals surface area contributed by atoms with Crippen molar-refractivity contribution in [2.75, 3.05) is 30.7 Å². The number of nitrogens with two attached hydrogens (primary N) is 1. The molecular weight excluding hydrogens is 354 g/mol. The Morgan fingerprint density at radius 1 is 1.23 bits per heavy atom. The third kappa shape index (κ3) is 5.61. The number of hydrogen-bond donors (Lipinski definition) is 3. The van der Waals surface area contributed by atoms with Crippen molar-refractivity contribution < 1.29 is 21.6 Å². The Morgan fingerprint density at radius 3 is 2.36 bits per heavy atom. The fraction of sp³-hybridized carbons (Fsp3) is 0.455. The van der Waals surface area contributed by atoms with Gasteiger partial charge < -0.3 is 10.5 Å². The van der Waals surface area contributed by atoms with Gasteiger partial charge in [-0.2, -0.15) is 0 Å². The SMILES string of the molecule is CCS(=O)(=O)Nc1cc(OC)ccc1S(=O)(=O)NCCN.Cl. The van der Waals surface area contributed by atoms with Crippen LogP contribution in [0.1, 0.15) is 6.92 Å². The largest absolute Gasteiger partial charge is 0.497 e. The van der Waals surface area contributed by atoms with E-state index in [0.717, 1.165) is 0 Å². The molecule has 0 saturated carbocycles. The molecule has 1 rings (SSSR count). The molecule has 1 aromatic carbocycles. The molecule has 8 nitrogen and oxygen atoms in total. The third-order valence-electron chi connectivity index (χ3n) is 2.56. The summed E-state index contributed by atoms with van der Waals surface area (Å²) < 4.78 is 57.1. The van der Waals surface area contributed by atoms with Crippen LogP contribution in [0.5, 0.6) is 5.75 Å². The Morgan fingerprint density at radius 2 is 1.86 bits per heavy atom. The average Bonchev–Trinajstić information content (AvgIpc) is 2.44. The second kappa shape index (κ2) is 8.53. The molecule has 0 fully saturated rings. The van der Waals surface area contributed by atoms with Crippen molar-refractivity contribution in [1.82, 2.24) is 4.72 Å². The van der Waals surface area contributed by atoms with Gasteiger partial charge >= 0.3 is 0 Å². The number of benzene rings is 1. The minimum absolute atomic E-state index is 0. The molecule has 0 unspecified atom stereocenters. The minimum Gasteiger partial charge on any atom is -0.497 e. The number of hydrogen-bond acceptors (Lipinski definition) is 6. The van der Waals surface area contributed by atoms with E-state index in [9.17, 15) is 16.8 Å². The number of nitrogens with one attached hydrogen (secondary N) is 2. The van der Waals surface area contributed by atoms with E-state index in [2.05, 4.69) is 9.44 Å². The third-order valence-corrected chi connectivity index (χ3v) is 5.37. The predicted molar refractivity (Wildman–Crippen MR) is 87.6 cm³/mol. The number of methoxy groups -OCH3 is 1. The molecule has 0 radical (unpaired) electrons. The number of ether oxygens (including phenoxy) is 1. The summed E-state index contributed by atoms with van der Waals surface area (Å²) >= 11 is 0. The van der Waals surface area contributed by atoms with Gasteiger partial charge in [-0.15, -0.1) is 12.4 Å². The minimum atomic E-state index is -3.87. The molecule has 0 spiro atoms. The predicted octanol–water partition coefficient (Wildman–Crippen LogP) is 0.116. The van der Waals surface area contributed by atoms with Gasteiger partial charge in [-0.05, 0) is 19.1 Å². The summed E-state index contributed by atoms with van der Waals surface area (Å²) in [6.07, 6.45) is 0. The Labute approximate surface area is 136 Å². The molecule has 0 atom stereocenters. The smallest absolute Gasteiger partial charge is 0.242 e. The van der Waals surface area contributed by atoms with Crippen LogP contribution in [0.25, 0.3) is 0 Å². The van der Waals surface area contributed by atoms with Crippen LogP contribution in [-0.4, -0.2) is 42.8 Å². The van der Waals surface area contributed by atoms with Gasteiger partial charge in [-0.3, -0.25) is 4.72 Å². The lowest BCUT2D eigenvalue weighted by atomic mass is 10.3. The maximum atomic E-state index is 12.1. The quantitative estimate of drug-likeness (QED) is 0.593. The van der Waals surface area contributed by atoms with E-state index in [1.54, 1.807) is 0 Å². The van der Waals surface area contributed by atoms with Crippen molar-refractivity contribution in [1.29, 1.82) is 0 Å². The van der Waals surface area contributed by atoms with Crippen molar-refractivity contribution in [3.8, 4) is 5.75 Å². The number of rotatable bonds is 8. The zero-order chi connectivity index (χ0) is 16.1. The number of sulfonamides is 2. The summed E-state index contributed by atoms with van der Waals surface area (Å²) in [5.74, 6) is 0.154. The van der Waals surface area contributed by atoms with Crippen LogP contribution in [0.4, 0.5) is 5.69 Å². The van der Waals surface area contributed by atoms with Crippen molar-refractivity contribution in [2.24, 2.45) is 5.73 Å². The zero-order valence-electron chi connectivity index (χ0n) is 12.2. The fourth-order valence-electron chi connectivity index (χ4n) is 1.46. The van der Waals surface area contributed by atoms with Crippen LogP contribution in [0, 0.1) is 0 Å². The van der Waals surface area contributed by atoms with Crippen molar-refractivity contribution in [3.63, 3.8) is 0 Å². The van der Waals surface area contributed by atoms with Gasteiger partial charge in [-0.25, -0.2) is 21.6 Å². The molecule has 0 saturated heterocycles. The van der Waals surface area contributed by atoms with Crippen LogP contribution in [0.3, 0.4) is 0 Å². The molecule has 0 heterocycles. The molecule has 4 N–H and O–H groups in total. The summed E-state index contributed by atoms with van der Waals surface area (Å²) in [6.45, 7) is 1.63. The van der Waals surface area contributed by atoms with E-state index in [-0.39, 0.29) is 41.8 Å². The monoisotopic (exact) mass is 373 g/mol. The van der Waals surface area contributed by atoms with Crippen molar-refractivity contribution in [3.05, 3.63) is 18.2 Å². The summed E-state index contributed by atoms with van der Waals surface area (Å²) in [4.78, 5) is -0.186. The summed E-state index contributed by atoms with van der Waals surface area (Å²) in [5, 5.41) is 0. The van der Waals surface area contributed by atoms with Crippen LogP contribution in [-0.2, 0) is 20.0 Å². The molecule has 0 aliphatic rings. The first-order chi connectivity index (χ1) is 9.75. The van der Waals surface area contributed by atoms with Crippen LogP contribution < -0.4 is 19.9 Å². The highest BCUT2D eigenvalue weighted by atomic mass is 35.5. The highest BCUT2D eigenvalue weighted by Gasteiger charge is 2.21. The Hall–Kier alpha value is -1.07. The molecule has 0 aliphatic heterocycles. The Balaban J connectivity index is 0.00000441. The van der Waals surface area contributed by atoms with E-state index in [4.69, 9.17) is 10.5 Å². The van der Waals surface area contributed by atoms with Gasteiger partial charge in [0, 0.05) is 19.2 Å². The average molecular weight is 374 g/mol. The topological polar surface area (TPSA) is 128 Å². The standard InChI is InChI=1S/C11H19N3O5S2.ClH/c1-3-20(15,16)14-10-8-9(19-2)4-5-11(10)21(17,18)13-7-6-12;/h4-5,8,13-14H,3,6-7,12H2,1-2H3;1H. The lowest BCUT2D eigenvalue weighted by Crippen LogP contribution is -2.30. The number of halogens is 1. The maximum Gasteiger partial charge on any atom is 0.242 e. The molecule has 0 aromatic heterocycles. The zero-order valence-corrected chi connectivity index (χ0v) is 14.6. The molecule has 0 aliphatic carbocycles. The summed E-state index contributed by atoms with van der Waals surface area (Å²) in [5.41, 5.74) is 5.19. The summed E-state index contributed by atoms with van der Waals surface area (Å²) in [7, 11) is -6.10. The maximum absolute atomic E-state index is 12.1. The second-order valence-electron chi connectivity index (χ2n) is 4.05. The highest BCUT2D eigenvalue weighted by Crippen LogP contribution is 2.27. The van der Waals surface area contributed by atoms with E-state index >= 15 is 0 Å². The van der Waals surface area contributed by atoms with Crippen LogP contribution in [0.15, 0.2) is 23.1 Å². The van der Waals surface area contributed by atoms with E-state index in [1.165, 1.54) is 32.2 Å². The van der Waals surface area contributed by atoms with E-state index in [1.807, 2.05) is 0 Å². The Kier molecular flexibility index (Phi) is 8.12. The molecule has 0 bridgehead atoms. The van der Waals surface area contributed by atoms with Gasteiger partial charge in [-0.1, -0.05) is 0 Å². The molecular formula is C11H20ClN3O5S2. The Bertz CT molecular complexity index is 692. The van der Waals surface area contributed by atoms with Gasteiger partial charge in [0.05, 0.1) is 18.6 Å². The lowest BCUT2D eigenvalue weighted by molar-refractivity contribution is 0.414. The van der Waals surface area contributed by atoms with Gasteiger partial charge in [0.25, 0.3) is 0 Å². The lowest BCUT2D eigenvalue weighted by Gasteiger charge is -2.14. The van der Waals surface area contributed by atoms with Crippen molar-refractivity contribution in [2.45, 2.75) is 11.8 Å². The summed E-state index contributed by atoms with van der Waals surface area (Å²) in [6, 6.07) is 4.01. The molecule has 128 valence electrons. The van der Waals surface area contributed by atoms with Crippen LogP contribution in [0.2, 0.25) is 0 Å². The van der Waals surface area contributed by atoms with E-state index in [0.29, 0.717) is 5.75 Å². The molecule has 22 heavy (non-hydrogen) atoms. The second-order valence-corrected chi connectivity index (χ2v) is 7.80. The molecule has 11 heteroatoms. The number of anilines is 1. The first kappa shape index (κ1) is 20.9. The molecule has 1 aromatic rings.